The van der Waals surface area contributed by atoms with Crippen molar-refractivity contribution in [3.05, 3.63) is 104 Å². The van der Waals surface area contributed by atoms with Crippen LogP contribution in [0.25, 0.3) is 27.9 Å². The van der Waals surface area contributed by atoms with Crippen molar-refractivity contribution >= 4 is 28.4 Å². The van der Waals surface area contributed by atoms with Crippen LogP contribution >= 0.6 is 0 Å². The number of aryl methyl sites for hydroxylation is 1. The number of fused-ring (bicyclic) bond motifs is 1. The molecule has 3 aromatic heterocycles. The second-order valence-corrected chi connectivity index (χ2v) is 8.02. The molecule has 0 spiro atoms. The SMILES string of the molecule is C=CC(C/C=C(\C)c1nc(C(=C)N=CC)cn1-c1cccnc1)n1ccc2c(C)cccc21. The molecule has 4 rings (SSSR count). The molecule has 0 fully saturated rings. The molecule has 0 bridgehead atoms. The fourth-order valence-electron chi connectivity index (χ4n) is 4.06. The lowest BCUT2D eigenvalue weighted by molar-refractivity contribution is 0.635. The summed E-state index contributed by atoms with van der Waals surface area (Å²) in [7, 11) is 0. The van der Waals surface area contributed by atoms with Gasteiger partial charge in [-0.3, -0.25) is 14.5 Å². The van der Waals surface area contributed by atoms with Gasteiger partial charge in [-0.25, -0.2) is 4.98 Å². The summed E-state index contributed by atoms with van der Waals surface area (Å²) in [5.74, 6) is 0.849. The van der Waals surface area contributed by atoms with Crippen LogP contribution in [-0.2, 0) is 0 Å². The Morgan fingerprint density at radius 3 is 2.79 bits per heavy atom. The third-order valence-corrected chi connectivity index (χ3v) is 5.84. The van der Waals surface area contributed by atoms with Crippen LogP contribution in [0, 0.1) is 6.92 Å². The quantitative estimate of drug-likeness (QED) is 0.225. The average Bonchev–Trinajstić information content (AvgIpc) is 3.46. The van der Waals surface area contributed by atoms with E-state index in [0.29, 0.717) is 5.70 Å². The Labute approximate surface area is 195 Å². The molecule has 5 nitrogen and oxygen atoms in total. The maximum absolute atomic E-state index is 4.85. The highest BCUT2D eigenvalue weighted by Crippen LogP contribution is 2.28. The molecule has 33 heavy (non-hydrogen) atoms. The Hall–Kier alpha value is -3.99. The monoisotopic (exact) mass is 435 g/mol. The Balaban J connectivity index is 1.69. The van der Waals surface area contributed by atoms with Crippen molar-refractivity contribution in [1.82, 2.24) is 19.1 Å². The van der Waals surface area contributed by atoms with Gasteiger partial charge in [0.15, 0.2) is 0 Å². The topological polar surface area (TPSA) is 48.0 Å². The lowest BCUT2D eigenvalue weighted by Crippen LogP contribution is -2.04. The summed E-state index contributed by atoms with van der Waals surface area (Å²) < 4.78 is 4.33. The number of aliphatic imine (C=N–C) groups is 1. The van der Waals surface area contributed by atoms with Crippen LogP contribution in [0.3, 0.4) is 0 Å². The highest BCUT2D eigenvalue weighted by Gasteiger charge is 2.15. The number of pyridine rings is 1. The van der Waals surface area contributed by atoms with Gasteiger partial charge in [-0.05, 0) is 62.6 Å². The predicted molar refractivity (Wildman–Crippen MR) is 139 cm³/mol. The molecule has 0 radical (unpaired) electrons. The Morgan fingerprint density at radius 1 is 1.21 bits per heavy atom. The van der Waals surface area contributed by atoms with E-state index in [1.165, 1.54) is 16.5 Å². The molecular weight excluding hydrogens is 406 g/mol. The molecule has 1 atom stereocenters. The van der Waals surface area contributed by atoms with Crippen LogP contribution in [0.15, 0.2) is 91.5 Å². The van der Waals surface area contributed by atoms with Crippen LogP contribution in [0.2, 0.25) is 0 Å². The number of rotatable bonds is 8. The van der Waals surface area contributed by atoms with E-state index in [0.717, 1.165) is 29.2 Å². The van der Waals surface area contributed by atoms with Gasteiger partial charge in [0.1, 0.15) is 11.5 Å². The third-order valence-electron chi connectivity index (χ3n) is 5.84. The summed E-state index contributed by atoms with van der Waals surface area (Å²) >= 11 is 0. The van der Waals surface area contributed by atoms with Gasteiger partial charge in [-0.2, -0.15) is 0 Å². The number of hydrogen-bond donors (Lipinski definition) is 0. The predicted octanol–water partition coefficient (Wildman–Crippen LogP) is 6.81. The van der Waals surface area contributed by atoms with E-state index in [1.807, 2.05) is 42.1 Å². The molecule has 0 N–H and O–H groups in total. The molecule has 5 heteroatoms. The smallest absolute Gasteiger partial charge is 0.140 e. The van der Waals surface area contributed by atoms with Gasteiger partial charge < -0.3 is 4.57 Å². The molecule has 1 aromatic carbocycles. The van der Waals surface area contributed by atoms with Gasteiger partial charge in [0, 0.05) is 35.7 Å². The highest BCUT2D eigenvalue weighted by molar-refractivity contribution is 5.83. The minimum atomic E-state index is 0.139. The number of nitrogens with zero attached hydrogens (tertiary/aromatic N) is 5. The largest absolute Gasteiger partial charge is 0.340 e. The Morgan fingerprint density at radius 2 is 2.06 bits per heavy atom. The maximum atomic E-state index is 4.85. The summed E-state index contributed by atoms with van der Waals surface area (Å²) in [6, 6.07) is 12.7. The molecule has 0 aliphatic heterocycles. The fourth-order valence-corrected chi connectivity index (χ4v) is 4.06. The molecule has 166 valence electrons. The first kappa shape index (κ1) is 22.2. The second-order valence-electron chi connectivity index (χ2n) is 8.02. The number of allylic oxidation sites excluding steroid dienone is 3. The first-order chi connectivity index (χ1) is 16.0. The van der Waals surface area contributed by atoms with Crippen molar-refractivity contribution < 1.29 is 0 Å². The maximum Gasteiger partial charge on any atom is 0.140 e. The molecule has 3 heterocycles. The van der Waals surface area contributed by atoms with Gasteiger partial charge in [0.25, 0.3) is 0 Å². The summed E-state index contributed by atoms with van der Waals surface area (Å²) in [6.07, 6.45) is 14.5. The van der Waals surface area contributed by atoms with E-state index in [2.05, 4.69) is 78.1 Å². The van der Waals surface area contributed by atoms with Crippen molar-refractivity contribution in [2.24, 2.45) is 4.99 Å². The van der Waals surface area contributed by atoms with Crippen molar-refractivity contribution in [1.29, 1.82) is 0 Å². The van der Waals surface area contributed by atoms with E-state index < -0.39 is 0 Å². The zero-order chi connectivity index (χ0) is 23.4. The number of aromatic nitrogens is 4. The molecule has 1 unspecified atom stereocenters. The fraction of sp³-hybridized carbons (Fsp3) is 0.179. The van der Waals surface area contributed by atoms with Crippen LogP contribution in [0.1, 0.15) is 43.4 Å². The summed E-state index contributed by atoms with van der Waals surface area (Å²) in [4.78, 5) is 13.4. The minimum Gasteiger partial charge on any atom is -0.340 e. The van der Waals surface area contributed by atoms with Crippen molar-refractivity contribution in [3.8, 4) is 5.69 Å². The Kier molecular flexibility index (Phi) is 6.50. The normalized spacial score (nSPS) is 13.0. The van der Waals surface area contributed by atoms with Crippen LogP contribution < -0.4 is 0 Å². The lowest BCUT2D eigenvalue weighted by atomic mass is 10.1. The van der Waals surface area contributed by atoms with E-state index >= 15 is 0 Å². The van der Waals surface area contributed by atoms with Gasteiger partial charge in [-0.1, -0.05) is 30.9 Å². The summed E-state index contributed by atoms with van der Waals surface area (Å²) in [6.45, 7) is 14.3. The average molecular weight is 436 g/mol. The van der Waals surface area contributed by atoms with Crippen LogP contribution in [0.5, 0.6) is 0 Å². The standard InChI is InChI=1S/C28H29N5/c1-6-23(32-17-15-25-20(3)10-8-12-27(25)32)14-13-21(4)28-31-26(22(5)30-7-2)19-33(28)24-11-9-16-29-18-24/h6-13,15-19,23H,1,5,14H2,2-4H3/b21-13+,30-7?. The zero-order valence-corrected chi connectivity index (χ0v) is 19.4. The van der Waals surface area contributed by atoms with E-state index in [4.69, 9.17) is 4.98 Å². The number of benzene rings is 1. The van der Waals surface area contributed by atoms with Gasteiger partial charge in [0.05, 0.1) is 23.6 Å². The van der Waals surface area contributed by atoms with Crippen LogP contribution in [0.4, 0.5) is 0 Å². The van der Waals surface area contributed by atoms with E-state index in [-0.39, 0.29) is 6.04 Å². The van der Waals surface area contributed by atoms with Crippen molar-refractivity contribution in [2.45, 2.75) is 33.2 Å². The molecule has 0 saturated carbocycles. The Bertz CT molecular complexity index is 1350. The van der Waals surface area contributed by atoms with E-state index in [9.17, 15) is 0 Å². The number of hydrogen-bond acceptors (Lipinski definition) is 3. The lowest BCUT2D eigenvalue weighted by Gasteiger charge is -2.15. The van der Waals surface area contributed by atoms with Gasteiger partial charge in [-0.15, -0.1) is 6.58 Å². The molecule has 0 aliphatic rings. The zero-order valence-electron chi connectivity index (χ0n) is 19.4. The van der Waals surface area contributed by atoms with Crippen molar-refractivity contribution in [3.63, 3.8) is 0 Å². The van der Waals surface area contributed by atoms with E-state index in [1.54, 1.807) is 12.4 Å². The second kappa shape index (κ2) is 9.65. The molecule has 0 amide bonds. The molecule has 0 saturated heterocycles. The van der Waals surface area contributed by atoms with Crippen molar-refractivity contribution in [2.75, 3.05) is 0 Å². The van der Waals surface area contributed by atoms with Gasteiger partial charge >= 0.3 is 0 Å². The molecule has 0 aliphatic carbocycles. The first-order valence-electron chi connectivity index (χ1n) is 11.1. The highest BCUT2D eigenvalue weighted by atomic mass is 15.1. The minimum absolute atomic E-state index is 0.139. The van der Waals surface area contributed by atoms with Crippen LogP contribution in [-0.4, -0.2) is 25.3 Å². The summed E-state index contributed by atoms with van der Waals surface area (Å²) in [5.41, 5.74) is 5.89. The molecular formula is C28H29N5. The molecule has 4 aromatic rings. The summed E-state index contributed by atoms with van der Waals surface area (Å²) in [5, 5.41) is 1.27. The number of imidazole rings is 1. The third kappa shape index (κ3) is 4.48. The van der Waals surface area contributed by atoms with Gasteiger partial charge in [0.2, 0.25) is 0 Å². The first-order valence-corrected chi connectivity index (χ1v) is 11.1.